The van der Waals surface area contributed by atoms with E-state index in [1.807, 2.05) is 6.92 Å². The van der Waals surface area contributed by atoms with Gasteiger partial charge in [-0.2, -0.15) is 0 Å². The van der Waals surface area contributed by atoms with Gasteiger partial charge in [-0.3, -0.25) is 0 Å². The second-order valence-corrected chi connectivity index (χ2v) is 4.90. The van der Waals surface area contributed by atoms with Crippen molar-refractivity contribution in [1.29, 1.82) is 0 Å². The van der Waals surface area contributed by atoms with Gasteiger partial charge in [-0.25, -0.2) is 4.79 Å². The molecule has 0 unspecified atom stereocenters. The maximum absolute atomic E-state index is 11.2. The fraction of sp³-hybridized carbons (Fsp3) is 0.533. The maximum Gasteiger partial charge on any atom is 0.339 e. The molecular weight excluding hydrogens is 280 g/mol. The summed E-state index contributed by atoms with van der Waals surface area (Å²) < 4.78 is 11.1. The molecule has 1 aromatic rings. The number of hydrogen-bond acceptors (Lipinski definition) is 3. The van der Waals surface area contributed by atoms with Gasteiger partial charge in [-0.15, -0.1) is 0 Å². The predicted molar refractivity (Wildman–Crippen MR) is 79.2 cm³/mol. The fourth-order valence-electron chi connectivity index (χ4n) is 1.58. The zero-order valence-electron chi connectivity index (χ0n) is 11.9. The van der Waals surface area contributed by atoms with Gasteiger partial charge in [-0.05, 0) is 18.9 Å². The van der Waals surface area contributed by atoms with Gasteiger partial charge >= 0.3 is 5.97 Å². The van der Waals surface area contributed by atoms with Gasteiger partial charge in [0.1, 0.15) is 17.1 Å². The number of halogens is 1. The molecule has 0 saturated heterocycles. The van der Waals surface area contributed by atoms with E-state index in [1.54, 1.807) is 6.07 Å². The lowest BCUT2D eigenvalue weighted by atomic mass is 10.2. The second-order valence-electron chi connectivity index (χ2n) is 4.49. The number of aromatic carboxylic acids is 1. The highest BCUT2D eigenvalue weighted by Gasteiger charge is 2.16. The summed E-state index contributed by atoms with van der Waals surface area (Å²) in [7, 11) is 0. The molecule has 1 N–H and O–H groups in total. The van der Waals surface area contributed by atoms with E-state index in [0.717, 1.165) is 25.7 Å². The molecule has 0 spiro atoms. The molecule has 1 rings (SSSR count). The average molecular weight is 301 g/mol. The van der Waals surface area contributed by atoms with Gasteiger partial charge in [0, 0.05) is 6.07 Å². The maximum atomic E-state index is 11.2. The van der Waals surface area contributed by atoms with Crippen LogP contribution >= 0.6 is 11.6 Å². The molecule has 0 aliphatic heterocycles. The molecule has 0 heterocycles. The Morgan fingerprint density at radius 1 is 1.10 bits per heavy atom. The van der Waals surface area contributed by atoms with Crippen molar-refractivity contribution in [2.24, 2.45) is 0 Å². The topological polar surface area (TPSA) is 55.8 Å². The first-order valence-corrected chi connectivity index (χ1v) is 7.30. The quantitative estimate of drug-likeness (QED) is 0.687. The highest BCUT2D eigenvalue weighted by atomic mass is 35.5. The molecule has 4 nitrogen and oxygen atoms in total. The van der Waals surface area contributed by atoms with Gasteiger partial charge in [0.15, 0.2) is 0 Å². The van der Waals surface area contributed by atoms with E-state index in [2.05, 4.69) is 6.92 Å². The Labute approximate surface area is 124 Å². The van der Waals surface area contributed by atoms with Crippen LogP contribution in [0.15, 0.2) is 12.1 Å². The van der Waals surface area contributed by atoms with Crippen LogP contribution < -0.4 is 9.47 Å². The minimum Gasteiger partial charge on any atom is -0.493 e. The molecular formula is C15H21ClO4. The highest BCUT2D eigenvalue weighted by Crippen LogP contribution is 2.33. The summed E-state index contributed by atoms with van der Waals surface area (Å²) >= 11 is 6.04. The van der Waals surface area contributed by atoms with E-state index in [0.29, 0.717) is 29.7 Å². The predicted octanol–water partition coefficient (Wildman–Crippen LogP) is 4.40. The standard InChI is InChI=1S/C15H21ClO4/c1-3-5-7-19-13-10-14(20-8-6-4-2)12(16)9-11(13)15(17)18/h9-10H,3-8H2,1-2H3,(H,17,18). The first kappa shape index (κ1) is 16.6. The Kier molecular flexibility index (Phi) is 7.23. The summed E-state index contributed by atoms with van der Waals surface area (Å²) in [6, 6.07) is 2.95. The molecule has 1 aromatic carbocycles. The summed E-state index contributed by atoms with van der Waals surface area (Å²) in [6.07, 6.45) is 3.79. The zero-order valence-corrected chi connectivity index (χ0v) is 12.7. The second kappa shape index (κ2) is 8.69. The SMILES string of the molecule is CCCCOc1cc(OCCCC)c(C(=O)O)cc1Cl. The summed E-state index contributed by atoms with van der Waals surface area (Å²) in [5.41, 5.74) is 0.0638. The number of carbonyl (C=O) groups is 1. The molecule has 0 aliphatic carbocycles. The number of unbranched alkanes of at least 4 members (excludes halogenated alkanes) is 2. The third-order valence-corrected chi connectivity index (χ3v) is 3.07. The van der Waals surface area contributed by atoms with Crippen molar-refractivity contribution in [3.8, 4) is 11.5 Å². The van der Waals surface area contributed by atoms with Gasteiger partial charge in [0.25, 0.3) is 0 Å². The van der Waals surface area contributed by atoms with E-state index < -0.39 is 5.97 Å². The van der Waals surface area contributed by atoms with Gasteiger partial charge in [-0.1, -0.05) is 38.3 Å². The van der Waals surface area contributed by atoms with Crippen molar-refractivity contribution in [2.75, 3.05) is 13.2 Å². The monoisotopic (exact) mass is 300 g/mol. The fourth-order valence-corrected chi connectivity index (χ4v) is 1.80. The van der Waals surface area contributed by atoms with Crippen LogP contribution in [0.4, 0.5) is 0 Å². The molecule has 0 atom stereocenters. The first-order valence-electron chi connectivity index (χ1n) is 6.92. The van der Waals surface area contributed by atoms with Crippen molar-refractivity contribution in [3.05, 3.63) is 22.7 Å². The third kappa shape index (κ3) is 4.93. The molecule has 112 valence electrons. The lowest BCUT2D eigenvalue weighted by Crippen LogP contribution is -2.06. The van der Waals surface area contributed by atoms with Crippen LogP contribution in [0.25, 0.3) is 0 Å². The van der Waals surface area contributed by atoms with Crippen molar-refractivity contribution < 1.29 is 19.4 Å². The van der Waals surface area contributed by atoms with Crippen LogP contribution in [0.5, 0.6) is 11.5 Å². The molecule has 0 amide bonds. The number of ether oxygens (including phenoxy) is 2. The van der Waals surface area contributed by atoms with E-state index in [-0.39, 0.29) is 5.56 Å². The summed E-state index contributed by atoms with van der Waals surface area (Å²) in [6.45, 7) is 5.14. The smallest absolute Gasteiger partial charge is 0.339 e. The first-order chi connectivity index (χ1) is 9.60. The summed E-state index contributed by atoms with van der Waals surface area (Å²) in [5.74, 6) is -0.281. The molecule has 0 fully saturated rings. The van der Waals surface area contributed by atoms with Crippen LogP contribution in [0, 0.1) is 0 Å². The van der Waals surface area contributed by atoms with Crippen LogP contribution in [-0.2, 0) is 0 Å². The van der Waals surface area contributed by atoms with Crippen molar-refractivity contribution in [2.45, 2.75) is 39.5 Å². The number of carboxylic acid groups (broad SMARTS) is 1. The minimum atomic E-state index is -1.06. The van der Waals surface area contributed by atoms with E-state index in [1.165, 1.54) is 6.07 Å². The number of hydrogen-bond donors (Lipinski definition) is 1. The Bertz CT molecular complexity index is 446. The van der Waals surface area contributed by atoms with Gasteiger partial charge in [0.2, 0.25) is 0 Å². The van der Waals surface area contributed by atoms with Crippen LogP contribution in [-0.4, -0.2) is 24.3 Å². The molecule has 5 heteroatoms. The van der Waals surface area contributed by atoms with Crippen molar-refractivity contribution >= 4 is 17.6 Å². The largest absolute Gasteiger partial charge is 0.493 e. The lowest BCUT2D eigenvalue weighted by Gasteiger charge is -2.13. The minimum absolute atomic E-state index is 0.0638. The molecule has 0 saturated carbocycles. The number of rotatable bonds is 9. The third-order valence-electron chi connectivity index (χ3n) is 2.78. The van der Waals surface area contributed by atoms with Crippen LogP contribution in [0.1, 0.15) is 49.9 Å². The molecule has 0 aliphatic rings. The number of carboxylic acids is 1. The van der Waals surface area contributed by atoms with Gasteiger partial charge < -0.3 is 14.6 Å². The van der Waals surface area contributed by atoms with Crippen LogP contribution in [0.3, 0.4) is 0 Å². The molecule has 0 radical (unpaired) electrons. The molecule has 0 aromatic heterocycles. The summed E-state index contributed by atoms with van der Waals surface area (Å²) in [5, 5.41) is 9.47. The van der Waals surface area contributed by atoms with Crippen molar-refractivity contribution in [3.63, 3.8) is 0 Å². The Balaban J connectivity index is 2.91. The highest BCUT2D eigenvalue weighted by molar-refractivity contribution is 6.32. The van der Waals surface area contributed by atoms with E-state index in [9.17, 15) is 9.90 Å². The molecule has 20 heavy (non-hydrogen) atoms. The number of benzene rings is 1. The Morgan fingerprint density at radius 3 is 2.15 bits per heavy atom. The summed E-state index contributed by atoms with van der Waals surface area (Å²) in [4.78, 5) is 11.2. The zero-order chi connectivity index (χ0) is 15.0. The van der Waals surface area contributed by atoms with Crippen molar-refractivity contribution in [1.82, 2.24) is 0 Å². The Morgan fingerprint density at radius 2 is 1.65 bits per heavy atom. The Hall–Kier alpha value is -1.42. The average Bonchev–Trinajstić information content (AvgIpc) is 2.41. The normalized spacial score (nSPS) is 10.3. The lowest BCUT2D eigenvalue weighted by molar-refractivity contribution is 0.0692. The van der Waals surface area contributed by atoms with E-state index >= 15 is 0 Å². The van der Waals surface area contributed by atoms with E-state index in [4.69, 9.17) is 21.1 Å². The van der Waals surface area contributed by atoms with Crippen LogP contribution in [0.2, 0.25) is 5.02 Å². The molecule has 0 bridgehead atoms. The van der Waals surface area contributed by atoms with Gasteiger partial charge in [0.05, 0.1) is 18.2 Å².